The molecular weight excluding hydrogens is 212 g/mol. The minimum absolute atomic E-state index is 0.0981. The Kier molecular flexibility index (Phi) is 4.86. The molecule has 0 spiro atoms. The van der Waals surface area contributed by atoms with E-state index < -0.39 is 0 Å². The van der Waals surface area contributed by atoms with Crippen molar-refractivity contribution >= 4 is 5.78 Å². The van der Waals surface area contributed by atoms with Crippen LogP contribution in [-0.4, -0.2) is 30.3 Å². The minimum atomic E-state index is 0.0981. The zero-order chi connectivity index (χ0) is 12.8. The first kappa shape index (κ1) is 13.4. The number of Topliss-reactive ketones (excluding diaryl/α,β-unsaturated/α-hetero) is 1. The molecule has 1 aromatic rings. The number of likely N-dealkylation sites (N-methyl/N-ethyl adjacent to an activating group) is 1. The monoisotopic (exact) mass is 230 g/mol. The second kappa shape index (κ2) is 6.17. The van der Waals surface area contributed by atoms with Crippen LogP contribution in [0.2, 0.25) is 0 Å². The smallest absolute Gasteiger partial charge is 0.176 e. The highest BCUT2D eigenvalue weighted by Gasteiger charge is 2.14. The molecule has 90 valence electrons. The van der Waals surface area contributed by atoms with Gasteiger partial charge in [0.15, 0.2) is 5.78 Å². The molecule has 0 N–H and O–H groups in total. The Labute approximate surface area is 103 Å². The fraction of sp³-hybridized carbons (Fsp3) is 0.429. The molecule has 3 heteroatoms. The van der Waals surface area contributed by atoms with Crippen molar-refractivity contribution < 1.29 is 4.79 Å². The number of ketones is 1. The summed E-state index contributed by atoms with van der Waals surface area (Å²) in [5, 5.41) is 8.61. The van der Waals surface area contributed by atoms with Crippen molar-refractivity contribution in [1.29, 1.82) is 5.26 Å². The van der Waals surface area contributed by atoms with E-state index in [0.29, 0.717) is 13.0 Å². The normalized spacial score (nSPS) is 12.2. The molecule has 0 aliphatic carbocycles. The van der Waals surface area contributed by atoms with E-state index in [0.717, 1.165) is 11.1 Å². The highest BCUT2D eigenvalue weighted by atomic mass is 16.1. The van der Waals surface area contributed by atoms with Gasteiger partial charge < -0.3 is 0 Å². The molecule has 1 rings (SSSR count). The maximum Gasteiger partial charge on any atom is 0.176 e. The maximum atomic E-state index is 12.0. The van der Waals surface area contributed by atoms with Crippen LogP contribution in [0, 0.1) is 18.3 Å². The number of nitriles is 1. The summed E-state index contributed by atoms with van der Waals surface area (Å²) in [5.74, 6) is 0.0981. The summed E-state index contributed by atoms with van der Waals surface area (Å²) in [6.07, 6.45) is 0.442. The molecular formula is C14H18N2O. The van der Waals surface area contributed by atoms with E-state index in [1.54, 1.807) is 0 Å². The Hall–Kier alpha value is -1.66. The SMILES string of the molecule is Cc1cccc(C(=O)CN(C)C(C)CC#N)c1. The highest BCUT2D eigenvalue weighted by molar-refractivity contribution is 5.97. The van der Waals surface area contributed by atoms with Gasteiger partial charge in [-0.2, -0.15) is 5.26 Å². The number of nitrogens with zero attached hydrogens (tertiary/aromatic N) is 2. The van der Waals surface area contributed by atoms with Crippen molar-refractivity contribution in [1.82, 2.24) is 4.90 Å². The van der Waals surface area contributed by atoms with Crippen LogP contribution < -0.4 is 0 Å². The third-order valence-corrected chi connectivity index (χ3v) is 2.87. The number of carbonyl (C=O) groups is 1. The Morgan fingerprint density at radius 3 is 2.82 bits per heavy atom. The summed E-state index contributed by atoms with van der Waals surface area (Å²) in [5.41, 5.74) is 1.82. The summed E-state index contributed by atoms with van der Waals surface area (Å²) in [4.78, 5) is 13.9. The van der Waals surface area contributed by atoms with Gasteiger partial charge >= 0.3 is 0 Å². The lowest BCUT2D eigenvalue weighted by atomic mass is 10.1. The Balaban J connectivity index is 2.64. The minimum Gasteiger partial charge on any atom is -0.295 e. The van der Waals surface area contributed by atoms with Crippen LogP contribution in [0.5, 0.6) is 0 Å². The molecule has 0 saturated carbocycles. The molecule has 0 amide bonds. The zero-order valence-electron chi connectivity index (χ0n) is 10.6. The molecule has 0 aliphatic heterocycles. The fourth-order valence-electron chi connectivity index (χ4n) is 1.58. The predicted octanol–water partition coefficient (Wildman–Crippen LogP) is 2.41. The largest absolute Gasteiger partial charge is 0.295 e. The van der Waals surface area contributed by atoms with E-state index in [4.69, 9.17) is 5.26 Å². The number of rotatable bonds is 5. The first-order valence-electron chi connectivity index (χ1n) is 5.71. The van der Waals surface area contributed by atoms with E-state index in [2.05, 4.69) is 6.07 Å². The van der Waals surface area contributed by atoms with Crippen molar-refractivity contribution in [3.63, 3.8) is 0 Å². The average Bonchev–Trinajstić information content (AvgIpc) is 2.29. The summed E-state index contributed by atoms with van der Waals surface area (Å²) in [6.45, 7) is 4.28. The summed E-state index contributed by atoms with van der Waals surface area (Å²) < 4.78 is 0. The lowest BCUT2D eigenvalue weighted by molar-refractivity contribution is 0.0925. The molecule has 0 heterocycles. The van der Waals surface area contributed by atoms with Gasteiger partial charge in [0.2, 0.25) is 0 Å². The lowest BCUT2D eigenvalue weighted by Gasteiger charge is -2.21. The van der Waals surface area contributed by atoms with Crippen molar-refractivity contribution in [3.8, 4) is 6.07 Å². The molecule has 0 saturated heterocycles. The molecule has 0 aromatic heterocycles. The lowest BCUT2D eigenvalue weighted by Crippen LogP contribution is -2.33. The average molecular weight is 230 g/mol. The van der Waals surface area contributed by atoms with Gasteiger partial charge in [0.1, 0.15) is 0 Å². The van der Waals surface area contributed by atoms with Gasteiger partial charge in [0.25, 0.3) is 0 Å². The van der Waals surface area contributed by atoms with Gasteiger partial charge in [0, 0.05) is 11.6 Å². The van der Waals surface area contributed by atoms with Gasteiger partial charge in [-0.15, -0.1) is 0 Å². The Morgan fingerprint density at radius 2 is 2.24 bits per heavy atom. The van der Waals surface area contributed by atoms with Crippen molar-refractivity contribution in [2.75, 3.05) is 13.6 Å². The van der Waals surface area contributed by atoms with Crippen molar-refractivity contribution in [2.24, 2.45) is 0 Å². The number of aryl methyl sites for hydroxylation is 1. The molecule has 0 bridgehead atoms. The van der Waals surface area contributed by atoms with E-state index >= 15 is 0 Å². The number of carbonyl (C=O) groups excluding carboxylic acids is 1. The molecule has 1 atom stereocenters. The van der Waals surface area contributed by atoms with Crippen LogP contribution in [0.15, 0.2) is 24.3 Å². The Morgan fingerprint density at radius 1 is 1.53 bits per heavy atom. The van der Waals surface area contributed by atoms with E-state index in [-0.39, 0.29) is 11.8 Å². The fourth-order valence-corrected chi connectivity index (χ4v) is 1.58. The summed E-state index contributed by atoms with van der Waals surface area (Å²) in [6, 6.07) is 9.81. The van der Waals surface area contributed by atoms with Crippen LogP contribution >= 0.6 is 0 Å². The zero-order valence-corrected chi connectivity index (χ0v) is 10.6. The maximum absolute atomic E-state index is 12.0. The standard InChI is InChI=1S/C14H18N2O/c1-11-5-4-6-13(9-11)14(17)10-16(3)12(2)7-8-15/h4-6,9,12H,7,10H2,1-3H3. The van der Waals surface area contributed by atoms with Crippen LogP contribution in [0.4, 0.5) is 0 Å². The van der Waals surface area contributed by atoms with Crippen LogP contribution in [0.25, 0.3) is 0 Å². The summed E-state index contributed by atoms with van der Waals surface area (Å²) >= 11 is 0. The number of benzene rings is 1. The van der Waals surface area contributed by atoms with Gasteiger partial charge in [-0.3, -0.25) is 9.69 Å². The first-order chi connectivity index (χ1) is 8.04. The Bertz CT molecular complexity index is 434. The second-order valence-electron chi connectivity index (χ2n) is 4.42. The highest BCUT2D eigenvalue weighted by Crippen LogP contribution is 2.07. The van der Waals surface area contributed by atoms with Crippen LogP contribution in [0.1, 0.15) is 29.3 Å². The molecule has 1 aromatic carbocycles. The number of hydrogen-bond acceptors (Lipinski definition) is 3. The van der Waals surface area contributed by atoms with Crippen LogP contribution in [0.3, 0.4) is 0 Å². The molecule has 1 unspecified atom stereocenters. The quantitative estimate of drug-likeness (QED) is 0.730. The first-order valence-corrected chi connectivity index (χ1v) is 5.71. The van der Waals surface area contributed by atoms with Gasteiger partial charge in [-0.05, 0) is 27.0 Å². The van der Waals surface area contributed by atoms with E-state index in [9.17, 15) is 4.79 Å². The van der Waals surface area contributed by atoms with Crippen LogP contribution in [-0.2, 0) is 0 Å². The second-order valence-corrected chi connectivity index (χ2v) is 4.42. The van der Waals surface area contributed by atoms with E-state index in [1.165, 1.54) is 0 Å². The molecule has 0 aliphatic rings. The van der Waals surface area contributed by atoms with Gasteiger partial charge in [-0.1, -0.05) is 23.8 Å². The van der Waals surface area contributed by atoms with Crippen molar-refractivity contribution in [3.05, 3.63) is 35.4 Å². The van der Waals surface area contributed by atoms with Gasteiger partial charge in [0.05, 0.1) is 19.0 Å². The van der Waals surface area contributed by atoms with Gasteiger partial charge in [-0.25, -0.2) is 0 Å². The van der Waals surface area contributed by atoms with Crippen molar-refractivity contribution in [2.45, 2.75) is 26.3 Å². The summed E-state index contributed by atoms with van der Waals surface area (Å²) in [7, 11) is 1.87. The molecule has 0 fully saturated rings. The third kappa shape index (κ3) is 4.01. The molecule has 17 heavy (non-hydrogen) atoms. The van der Waals surface area contributed by atoms with E-state index in [1.807, 2.05) is 50.1 Å². The number of hydrogen-bond donors (Lipinski definition) is 0. The molecule has 0 radical (unpaired) electrons. The predicted molar refractivity (Wildman–Crippen MR) is 67.8 cm³/mol. The third-order valence-electron chi connectivity index (χ3n) is 2.87. The topological polar surface area (TPSA) is 44.1 Å². The molecule has 3 nitrogen and oxygen atoms in total.